The molecule has 0 saturated carbocycles. The Morgan fingerprint density at radius 3 is 2.53 bits per heavy atom. The van der Waals surface area contributed by atoms with E-state index in [1.807, 2.05) is 6.92 Å². The molecule has 3 aromatic carbocycles. The van der Waals surface area contributed by atoms with Gasteiger partial charge in [-0.15, -0.1) is 5.10 Å². The summed E-state index contributed by atoms with van der Waals surface area (Å²) < 4.78 is 54.1. The third kappa shape index (κ3) is 5.41. The summed E-state index contributed by atoms with van der Waals surface area (Å²) in [5.74, 6) is 0.483. The van der Waals surface area contributed by atoms with Crippen molar-refractivity contribution in [3.63, 3.8) is 0 Å². The average molecular weight is 483 g/mol. The Morgan fingerprint density at radius 2 is 1.79 bits per heavy atom. The van der Waals surface area contributed by atoms with Gasteiger partial charge in [-0.1, -0.05) is 41.1 Å². The van der Waals surface area contributed by atoms with Crippen LogP contribution in [0.5, 0.6) is 11.5 Å². The first kappa shape index (κ1) is 23.4. The number of sulfonamides is 1. The van der Waals surface area contributed by atoms with Gasteiger partial charge in [-0.3, -0.25) is 0 Å². The van der Waals surface area contributed by atoms with Crippen LogP contribution in [-0.2, 0) is 23.2 Å². The van der Waals surface area contributed by atoms with Gasteiger partial charge in [0, 0.05) is 6.54 Å². The monoisotopic (exact) mass is 482 g/mol. The lowest BCUT2D eigenvalue weighted by Gasteiger charge is -2.12. The Bertz CT molecular complexity index is 1390. The lowest BCUT2D eigenvalue weighted by Crippen LogP contribution is -2.23. The van der Waals surface area contributed by atoms with E-state index < -0.39 is 15.8 Å². The van der Waals surface area contributed by atoms with Gasteiger partial charge in [0.1, 0.15) is 23.8 Å². The van der Waals surface area contributed by atoms with Crippen LogP contribution in [0, 0.1) is 12.7 Å². The summed E-state index contributed by atoms with van der Waals surface area (Å²) in [5.41, 5.74) is 2.47. The predicted molar refractivity (Wildman–Crippen MR) is 124 cm³/mol. The fourth-order valence-electron chi connectivity index (χ4n) is 3.19. The number of para-hydroxylation sites is 1. The molecule has 0 aliphatic heterocycles. The predicted octanol–water partition coefficient (Wildman–Crippen LogP) is 3.78. The molecule has 1 N–H and O–H groups in total. The molecule has 0 bridgehead atoms. The van der Waals surface area contributed by atoms with E-state index in [0.29, 0.717) is 22.8 Å². The topological polar surface area (TPSA) is 95.3 Å². The van der Waals surface area contributed by atoms with Crippen molar-refractivity contribution in [2.75, 3.05) is 7.11 Å². The average Bonchev–Trinajstić information content (AvgIpc) is 3.31. The van der Waals surface area contributed by atoms with Gasteiger partial charge in [-0.05, 0) is 48.9 Å². The SMILES string of the molecule is COc1cc(CNS(=O)(=O)c2ccc(C)cc2)ccc1OCc1cn(-c2ccccc2F)nn1. The quantitative estimate of drug-likeness (QED) is 0.390. The highest BCUT2D eigenvalue weighted by Crippen LogP contribution is 2.29. The van der Waals surface area contributed by atoms with Crippen LogP contribution in [0.15, 0.2) is 77.8 Å². The molecular weight excluding hydrogens is 459 g/mol. The maximum Gasteiger partial charge on any atom is 0.240 e. The molecule has 176 valence electrons. The molecule has 0 atom stereocenters. The van der Waals surface area contributed by atoms with E-state index in [0.717, 1.165) is 5.56 Å². The van der Waals surface area contributed by atoms with Gasteiger partial charge in [0.25, 0.3) is 0 Å². The normalized spacial score (nSPS) is 11.4. The molecule has 8 nitrogen and oxygen atoms in total. The molecule has 0 spiro atoms. The molecule has 1 aromatic heterocycles. The molecule has 0 amide bonds. The van der Waals surface area contributed by atoms with Crippen LogP contribution in [0.4, 0.5) is 4.39 Å². The summed E-state index contributed by atoms with van der Waals surface area (Å²) in [7, 11) is -2.14. The Balaban J connectivity index is 1.41. The number of ether oxygens (including phenoxy) is 2. The zero-order valence-electron chi connectivity index (χ0n) is 18.6. The summed E-state index contributed by atoms with van der Waals surface area (Å²) in [4.78, 5) is 0.202. The highest BCUT2D eigenvalue weighted by Gasteiger charge is 2.15. The number of nitrogens with one attached hydrogen (secondary N) is 1. The molecule has 0 saturated heterocycles. The first-order valence-corrected chi connectivity index (χ1v) is 11.9. The summed E-state index contributed by atoms with van der Waals surface area (Å²) in [5, 5.41) is 7.96. The minimum Gasteiger partial charge on any atom is -0.493 e. The standard InChI is InChI=1S/C24H23FN4O4S/c1-17-7-10-20(11-8-17)34(30,31)26-14-18-9-12-23(24(13-18)32-2)33-16-19-15-29(28-27-19)22-6-4-3-5-21(22)25/h3-13,15,26H,14,16H2,1-2H3. The fraction of sp³-hybridized carbons (Fsp3) is 0.167. The van der Waals surface area contributed by atoms with Crippen LogP contribution >= 0.6 is 0 Å². The molecule has 34 heavy (non-hydrogen) atoms. The van der Waals surface area contributed by atoms with Gasteiger partial charge in [0.15, 0.2) is 11.5 Å². The van der Waals surface area contributed by atoms with E-state index in [1.54, 1.807) is 66.9 Å². The van der Waals surface area contributed by atoms with Gasteiger partial charge >= 0.3 is 0 Å². The number of benzene rings is 3. The summed E-state index contributed by atoms with van der Waals surface area (Å²) in [6.45, 7) is 2.07. The van der Waals surface area contributed by atoms with Crippen molar-refractivity contribution in [1.29, 1.82) is 0 Å². The molecule has 0 aliphatic carbocycles. The number of hydrogen-bond donors (Lipinski definition) is 1. The molecule has 4 aromatic rings. The molecule has 0 aliphatic rings. The maximum absolute atomic E-state index is 13.9. The van der Waals surface area contributed by atoms with E-state index in [2.05, 4.69) is 15.0 Å². The lowest BCUT2D eigenvalue weighted by atomic mass is 10.2. The number of aryl methyl sites for hydroxylation is 1. The molecule has 0 fully saturated rings. The van der Waals surface area contributed by atoms with Crippen LogP contribution in [-0.4, -0.2) is 30.5 Å². The van der Waals surface area contributed by atoms with Crippen molar-refractivity contribution in [1.82, 2.24) is 19.7 Å². The molecule has 0 unspecified atom stereocenters. The smallest absolute Gasteiger partial charge is 0.240 e. The summed E-state index contributed by atoms with van der Waals surface area (Å²) >= 11 is 0. The Kier molecular flexibility index (Phi) is 6.90. The number of nitrogens with zero attached hydrogens (tertiary/aromatic N) is 3. The van der Waals surface area contributed by atoms with Gasteiger partial charge in [-0.25, -0.2) is 22.2 Å². The van der Waals surface area contributed by atoms with E-state index in [4.69, 9.17) is 9.47 Å². The van der Waals surface area contributed by atoms with Gasteiger partial charge < -0.3 is 9.47 Å². The number of hydrogen-bond acceptors (Lipinski definition) is 6. The van der Waals surface area contributed by atoms with Gasteiger partial charge in [-0.2, -0.15) is 0 Å². The molecule has 1 heterocycles. The molecule has 0 radical (unpaired) electrons. The number of halogens is 1. The van der Waals surface area contributed by atoms with Crippen LogP contribution in [0.2, 0.25) is 0 Å². The molecule has 10 heteroatoms. The van der Waals surface area contributed by atoms with Crippen molar-refractivity contribution in [3.8, 4) is 17.2 Å². The molecule has 4 rings (SSSR count). The third-order valence-electron chi connectivity index (χ3n) is 5.04. The van der Waals surface area contributed by atoms with Crippen LogP contribution in [0.3, 0.4) is 0 Å². The first-order valence-electron chi connectivity index (χ1n) is 10.4. The highest BCUT2D eigenvalue weighted by molar-refractivity contribution is 7.89. The second-order valence-electron chi connectivity index (χ2n) is 7.52. The second-order valence-corrected chi connectivity index (χ2v) is 9.28. The van der Waals surface area contributed by atoms with Gasteiger partial charge in [0.05, 0.1) is 18.2 Å². The zero-order valence-corrected chi connectivity index (χ0v) is 19.4. The van der Waals surface area contributed by atoms with Crippen molar-refractivity contribution < 1.29 is 22.3 Å². The van der Waals surface area contributed by atoms with Crippen molar-refractivity contribution in [2.24, 2.45) is 0 Å². The number of aromatic nitrogens is 3. The Labute approximate surface area is 197 Å². The largest absolute Gasteiger partial charge is 0.493 e. The van der Waals surface area contributed by atoms with Gasteiger partial charge in [0.2, 0.25) is 10.0 Å². The third-order valence-corrected chi connectivity index (χ3v) is 6.46. The van der Waals surface area contributed by atoms with Crippen molar-refractivity contribution in [3.05, 3.63) is 95.6 Å². The maximum atomic E-state index is 13.9. The summed E-state index contributed by atoms with van der Waals surface area (Å²) in [6.07, 6.45) is 1.58. The lowest BCUT2D eigenvalue weighted by molar-refractivity contribution is 0.280. The molecular formula is C24H23FN4O4S. The number of methoxy groups -OCH3 is 1. The van der Waals surface area contributed by atoms with Crippen LogP contribution in [0.1, 0.15) is 16.8 Å². The van der Waals surface area contributed by atoms with E-state index in [1.165, 1.54) is 17.9 Å². The fourth-order valence-corrected chi connectivity index (χ4v) is 4.21. The van der Waals surface area contributed by atoms with E-state index in [-0.39, 0.29) is 23.7 Å². The minimum atomic E-state index is -3.64. The van der Waals surface area contributed by atoms with Crippen LogP contribution < -0.4 is 14.2 Å². The summed E-state index contributed by atoms with van der Waals surface area (Å²) in [6, 6.07) is 18.0. The number of rotatable bonds is 9. The van der Waals surface area contributed by atoms with Crippen LogP contribution in [0.25, 0.3) is 5.69 Å². The Morgan fingerprint density at radius 1 is 1.03 bits per heavy atom. The van der Waals surface area contributed by atoms with Crippen molar-refractivity contribution >= 4 is 10.0 Å². The van der Waals surface area contributed by atoms with E-state index >= 15 is 0 Å². The zero-order chi connectivity index (χ0) is 24.1. The van der Waals surface area contributed by atoms with E-state index in [9.17, 15) is 12.8 Å². The second kappa shape index (κ2) is 10.0. The highest BCUT2D eigenvalue weighted by atomic mass is 32.2. The minimum absolute atomic E-state index is 0.0871. The first-order chi connectivity index (χ1) is 16.4. The van der Waals surface area contributed by atoms with Crippen molar-refractivity contribution in [2.45, 2.75) is 25.0 Å². The Hall–Kier alpha value is -3.76.